The van der Waals surface area contributed by atoms with Crippen LogP contribution in [-0.2, 0) is 0 Å². The zero-order chi connectivity index (χ0) is 12.4. The van der Waals surface area contributed by atoms with Crippen LogP contribution in [0.15, 0.2) is 29.8 Å². The zero-order valence-corrected chi connectivity index (χ0v) is 10.8. The van der Waals surface area contributed by atoms with Gasteiger partial charge in [0.2, 0.25) is 5.91 Å². The number of nitrogens with zero attached hydrogens (tertiary/aromatic N) is 2. The smallest absolute Gasteiger partial charge is 0.249 e. The molecule has 0 atom stereocenters. The lowest BCUT2D eigenvalue weighted by Crippen LogP contribution is -2.27. The van der Waals surface area contributed by atoms with Gasteiger partial charge in [0.05, 0.1) is 5.69 Å². The Bertz CT molecular complexity index is 564. The van der Waals surface area contributed by atoms with Crippen molar-refractivity contribution in [3.8, 4) is 0 Å². The number of hydrogen-bond acceptors (Lipinski definition) is 3. The fourth-order valence-electron chi connectivity index (χ4n) is 1.95. The summed E-state index contributed by atoms with van der Waals surface area (Å²) in [6.45, 7) is 0. The molecule has 4 heteroatoms. The third kappa shape index (κ3) is 2.29. The van der Waals surface area contributed by atoms with Crippen LogP contribution in [0.25, 0.3) is 12.2 Å². The minimum Gasteiger partial charge on any atom is -0.272 e. The van der Waals surface area contributed by atoms with Crippen LogP contribution in [-0.4, -0.2) is 15.7 Å². The van der Waals surface area contributed by atoms with Crippen LogP contribution in [0, 0.1) is 5.92 Å². The first-order chi connectivity index (χ1) is 8.83. The normalized spacial score (nSPS) is 16.0. The molecule has 1 fully saturated rings. The van der Waals surface area contributed by atoms with Gasteiger partial charge in [-0.05, 0) is 42.5 Å². The number of carbonyl (C=O) groups excluding carboxylic acids is 1. The molecular weight excluding hydrogens is 244 g/mol. The van der Waals surface area contributed by atoms with E-state index in [1.165, 1.54) is 16.0 Å². The van der Waals surface area contributed by atoms with E-state index in [-0.39, 0.29) is 11.8 Å². The molecule has 2 aromatic rings. The number of carbonyl (C=O) groups is 1. The quantitative estimate of drug-likeness (QED) is 0.843. The Labute approximate surface area is 110 Å². The molecule has 3 nitrogen and oxygen atoms in total. The maximum Gasteiger partial charge on any atom is 0.249 e. The molecule has 0 bridgehead atoms. The third-order valence-corrected chi connectivity index (χ3v) is 4.09. The van der Waals surface area contributed by atoms with Crippen LogP contribution in [0.5, 0.6) is 0 Å². The summed E-state index contributed by atoms with van der Waals surface area (Å²) >= 11 is 1.68. The van der Waals surface area contributed by atoms with Crippen molar-refractivity contribution in [3.63, 3.8) is 0 Å². The molecule has 2 heterocycles. The van der Waals surface area contributed by atoms with Gasteiger partial charge in [0.25, 0.3) is 0 Å². The first kappa shape index (κ1) is 11.4. The summed E-state index contributed by atoms with van der Waals surface area (Å²) in [7, 11) is 0. The molecule has 2 aromatic heterocycles. The van der Waals surface area contributed by atoms with Crippen molar-refractivity contribution in [2.45, 2.75) is 19.3 Å². The van der Waals surface area contributed by atoms with Crippen molar-refractivity contribution in [2.75, 3.05) is 0 Å². The van der Waals surface area contributed by atoms with Gasteiger partial charge in [-0.2, -0.15) is 5.10 Å². The second-order valence-corrected chi connectivity index (χ2v) is 5.48. The molecule has 0 saturated heterocycles. The van der Waals surface area contributed by atoms with Gasteiger partial charge >= 0.3 is 0 Å². The molecule has 0 spiro atoms. The molecule has 1 aliphatic rings. The lowest BCUT2D eigenvalue weighted by molar-refractivity contribution is 0.0747. The average molecular weight is 258 g/mol. The molecule has 0 N–H and O–H groups in total. The molecule has 0 aromatic carbocycles. The van der Waals surface area contributed by atoms with E-state index in [2.05, 4.69) is 11.2 Å². The highest BCUT2D eigenvalue weighted by atomic mass is 32.1. The zero-order valence-electron chi connectivity index (χ0n) is 9.95. The van der Waals surface area contributed by atoms with Crippen molar-refractivity contribution in [1.82, 2.24) is 9.78 Å². The fraction of sp³-hybridized carbons (Fsp3) is 0.286. The predicted molar refractivity (Wildman–Crippen MR) is 73.4 cm³/mol. The molecule has 3 rings (SSSR count). The van der Waals surface area contributed by atoms with Crippen molar-refractivity contribution in [1.29, 1.82) is 0 Å². The van der Waals surface area contributed by atoms with Crippen LogP contribution in [0.4, 0.5) is 0 Å². The van der Waals surface area contributed by atoms with E-state index in [9.17, 15) is 4.79 Å². The third-order valence-electron chi connectivity index (χ3n) is 3.25. The second-order valence-electron chi connectivity index (χ2n) is 4.50. The minimum atomic E-state index is 0.136. The Morgan fingerprint density at radius 1 is 1.39 bits per heavy atom. The Morgan fingerprint density at radius 3 is 2.94 bits per heavy atom. The standard InChI is InChI=1S/C14H14N2OS/c17-14(11-3-1-4-11)16-9-8-12(15-16)6-7-13-5-2-10-18-13/h2,5-11H,1,3-4H2. The monoisotopic (exact) mass is 258 g/mol. The van der Waals surface area contributed by atoms with Crippen molar-refractivity contribution >= 4 is 29.4 Å². The van der Waals surface area contributed by atoms with Crippen molar-refractivity contribution < 1.29 is 4.79 Å². The van der Waals surface area contributed by atoms with E-state index in [1.807, 2.05) is 29.7 Å². The van der Waals surface area contributed by atoms with Crippen LogP contribution in [0.1, 0.15) is 34.6 Å². The van der Waals surface area contributed by atoms with Crippen LogP contribution >= 0.6 is 11.3 Å². The van der Waals surface area contributed by atoms with E-state index >= 15 is 0 Å². The van der Waals surface area contributed by atoms with Crippen molar-refractivity contribution in [3.05, 3.63) is 40.3 Å². The molecule has 1 saturated carbocycles. The molecular formula is C14H14N2OS. The first-order valence-corrected chi connectivity index (χ1v) is 7.02. The molecule has 0 aliphatic heterocycles. The van der Waals surface area contributed by atoms with Crippen molar-refractivity contribution in [2.24, 2.45) is 5.92 Å². The van der Waals surface area contributed by atoms with E-state index in [4.69, 9.17) is 0 Å². The van der Waals surface area contributed by atoms with Gasteiger partial charge in [0, 0.05) is 17.0 Å². The molecule has 18 heavy (non-hydrogen) atoms. The highest BCUT2D eigenvalue weighted by Crippen LogP contribution is 2.27. The van der Waals surface area contributed by atoms with Gasteiger partial charge in [-0.3, -0.25) is 4.79 Å². The Kier molecular flexibility index (Phi) is 3.11. The summed E-state index contributed by atoms with van der Waals surface area (Å²) < 4.78 is 1.48. The van der Waals surface area contributed by atoms with Crippen LogP contribution in [0.3, 0.4) is 0 Å². The highest BCUT2D eigenvalue weighted by Gasteiger charge is 2.26. The van der Waals surface area contributed by atoms with Gasteiger partial charge in [0.1, 0.15) is 0 Å². The molecule has 0 amide bonds. The van der Waals surface area contributed by atoms with Gasteiger partial charge in [-0.15, -0.1) is 11.3 Å². The van der Waals surface area contributed by atoms with Gasteiger partial charge in [-0.1, -0.05) is 12.5 Å². The van der Waals surface area contributed by atoms with Gasteiger partial charge < -0.3 is 0 Å². The number of rotatable bonds is 3. The minimum absolute atomic E-state index is 0.136. The predicted octanol–water partition coefficient (Wildman–Crippen LogP) is 3.56. The number of aromatic nitrogens is 2. The fourth-order valence-corrected chi connectivity index (χ4v) is 2.56. The first-order valence-electron chi connectivity index (χ1n) is 6.14. The largest absolute Gasteiger partial charge is 0.272 e. The van der Waals surface area contributed by atoms with E-state index in [0.717, 1.165) is 18.5 Å². The summed E-state index contributed by atoms with van der Waals surface area (Å²) in [5.74, 6) is 0.330. The number of thiophene rings is 1. The Balaban J connectivity index is 1.71. The Hall–Kier alpha value is -1.68. The molecule has 0 radical (unpaired) electrons. The maximum absolute atomic E-state index is 12.0. The maximum atomic E-state index is 12.0. The Morgan fingerprint density at radius 2 is 2.28 bits per heavy atom. The van der Waals surface area contributed by atoms with Gasteiger partial charge in [-0.25, -0.2) is 4.68 Å². The van der Waals surface area contributed by atoms with Crippen LogP contribution < -0.4 is 0 Å². The van der Waals surface area contributed by atoms with E-state index < -0.39 is 0 Å². The second kappa shape index (κ2) is 4.90. The lowest BCUT2D eigenvalue weighted by Gasteiger charge is -2.22. The summed E-state index contributed by atoms with van der Waals surface area (Å²) in [4.78, 5) is 13.1. The molecule has 0 unspecified atom stereocenters. The van der Waals surface area contributed by atoms with Crippen LogP contribution in [0.2, 0.25) is 0 Å². The van der Waals surface area contributed by atoms with Gasteiger partial charge in [0.15, 0.2) is 0 Å². The summed E-state index contributed by atoms with van der Waals surface area (Å²) in [6.07, 6.45) is 8.91. The summed E-state index contributed by atoms with van der Waals surface area (Å²) in [5.41, 5.74) is 0.830. The number of hydrogen-bond donors (Lipinski definition) is 0. The highest BCUT2D eigenvalue weighted by molar-refractivity contribution is 7.10. The molecule has 1 aliphatic carbocycles. The average Bonchev–Trinajstić information content (AvgIpc) is 2.95. The SMILES string of the molecule is O=C(C1CCC1)n1ccc(C=Cc2cccs2)n1. The summed E-state index contributed by atoms with van der Waals surface area (Å²) in [5, 5.41) is 6.34. The molecule has 92 valence electrons. The van der Waals surface area contributed by atoms with E-state index in [1.54, 1.807) is 17.5 Å². The lowest BCUT2D eigenvalue weighted by atomic mass is 9.85. The summed E-state index contributed by atoms with van der Waals surface area (Å²) in [6, 6.07) is 5.95. The van der Waals surface area contributed by atoms with E-state index in [0.29, 0.717) is 0 Å². The topological polar surface area (TPSA) is 34.9 Å².